The summed E-state index contributed by atoms with van der Waals surface area (Å²) in [4.78, 5) is 0. The molecule has 0 aromatic heterocycles. The van der Waals surface area contributed by atoms with E-state index in [1.165, 1.54) is 18.2 Å². The summed E-state index contributed by atoms with van der Waals surface area (Å²) in [5, 5.41) is 25.9. The van der Waals surface area contributed by atoms with Crippen molar-refractivity contribution in [2.75, 3.05) is 5.01 Å². The largest absolute Gasteiger partial charge is 0.369 e. The van der Waals surface area contributed by atoms with Gasteiger partial charge >= 0.3 is 5.96 Å². The van der Waals surface area contributed by atoms with Gasteiger partial charge in [-0.2, -0.15) is 5.01 Å². The molecule has 30 heavy (non-hydrogen) atoms. The molecule has 2 aromatic rings. The third kappa shape index (κ3) is 4.46. The molecule has 0 radical (unpaired) electrons. The van der Waals surface area contributed by atoms with Crippen molar-refractivity contribution in [3.8, 4) is 0 Å². The fourth-order valence-corrected chi connectivity index (χ4v) is 2.98. The van der Waals surface area contributed by atoms with Crippen molar-refractivity contribution in [3.05, 3.63) is 52.5 Å². The molecule has 0 saturated carbocycles. The van der Waals surface area contributed by atoms with Crippen molar-refractivity contribution in [1.82, 2.24) is 4.59 Å². The van der Waals surface area contributed by atoms with Crippen molar-refractivity contribution in [2.24, 2.45) is 44.6 Å². The zero-order chi connectivity index (χ0) is 22.6. The van der Waals surface area contributed by atoms with Gasteiger partial charge in [0.1, 0.15) is 5.69 Å². The van der Waals surface area contributed by atoms with Crippen LogP contribution in [-0.4, -0.2) is 23.8 Å². The molecule has 0 aliphatic carbocycles. The number of hydrogen-bond donors (Lipinski definition) is 8. The summed E-state index contributed by atoms with van der Waals surface area (Å²) < 4.78 is -0.862. The maximum Gasteiger partial charge on any atom is 0.330 e. The topological polar surface area (TPSA) is 232 Å². The Morgan fingerprint density at radius 1 is 0.833 bits per heavy atom. The molecule has 2 aromatic carbocycles. The number of benzene rings is 2. The number of rotatable bonds is 5. The van der Waals surface area contributed by atoms with Crippen LogP contribution in [0.1, 0.15) is 0 Å². The van der Waals surface area contributed by atoms with Crippen LogP contribution >= 0.6 is 23.2 Å². The van der Waals surface area contributed by atoms with Crippen molar-refractivity contribution in [3.63, 3.8) is 0 Å². The van der Waals surface area contributed by atoms with Gasteiger partial charge in [-0.05, 0) is 29.4 Å². The quantitative estimate of drug-likeness (QED) is 0.139. The Labute approximate surface area is 181 Å². The highest BCUT2D eigenvalue weighted by Gasteiger charge is 2.43. The molecule has 0 aliphatic heterocycles. The second kappa shape index (κ2) is 8.73. The molecule has 14 heteroatoms. The van der Waals surface area contributed by atoms with Crippen LogP contribution in [0.4, 0.5) is 17.1 Å². The van der Waals surface area contributed by atoms with Crippen LogP contribution in [0.15, 0.2) is 52.7 Å². The zero-order valence-electron chi connectivity index (χ0n) is 15.6. The predicted molar refractivity (Wildman–Crippen MR) is 122 cm³/mol. The molecule has 158 valence electrons. The van der Waals surface area contributed by atoms with Gasteiger partial charge in [0.25, 0.3) is 0 Å². The molecule has 1 atom stereocenters. The van der Waals surface area contributed by atoms with Crippen LogP contribution in [0, 0.1) is 10.8 Å². The number of nitrogens with two attached hydrogens (primary N) is 6. The Morgan fingerprint density at radius 2 is 1.40 bits per heavy atom. The van der Waals surface area contributed by atoms with E-state index in [0.29, 0.717) is 10.7 Å². The molecule has 1 unspecified atom stereocenters. The van der Waals surface area contributed by atoms with Crippen LogP contribution in [0.2, 0.25) is 10.0 Å². The van der Waals surface area contributed by atoms with Gasteiger partial charge in [0, 0.05) is 28.2 Å². The highest BCUT2D eigenvalue weighted by Crippen LogP contribution is 2.43. The number of halogens is 2. The van der Waals surface area contributed by atoms with Crippen LogP contribution in [0.5, 0.6) is 0 Å². The highest BCUT2D eigenvalue weighted by molar-refractivity contribution is 6.31. The van der Waals surface area contributed by atoms with E-state index in [1.807, 2.05) is 0 Å². The van der Waals surface area contributed by atoms with E-state index in [-0.39, 0.29) is 28.3 Å². The lowest BCUT2D eigenvalue weighted by Crippen LogP contribution is -2.52. The third-order valence-corrected chi connectivity index (χ3v) is 4.26. The van der Waals surface area contributed by atoms with E-state index in [4.69, 9.17) is 68.4 Å². The normalized spacial score (nSPS) is 12.3. The van der Waals surface area contributed by atoms with Gasteiger partial charge in [0.15, 0.2) is 11.4 Å². The fraction of sp³-hybridized carbons (Fsp3) is 0. The third-order valence-electron chi connectivity index (χ3n) is 3.77. The van der Waals surface area contributed by atoms with Crippen molar-refractivity contribution in [2.45, 2.75) is 0 Å². The minimum Gasteiger partial charge on any atom is -0.369 e. The molecule has 12 nitrogen and oxygen atoms in total. The van der Waals surface area contributed by atoms with Gasteiger partial charge in [-0.3, -0.25) is 5.41 Å². The molecule has 0 amide bonds. The van der Waals surface area contributed by atoms with Gasteiger partial charge in [0.05, 0.1) is 0 Å². The van der Waals surface area contributed by atoms with Gasteiger partial charge in [-0.1, -0.05) is 27.8 Å². The lowest BCUT2D eigenvalue weighted by atomic mass is 10.2. The standard InChI is InChI=1S/C16H21Cl2N12/c17-8-1-4-10(5-2-8)30(16(25)26,28-14(21)22)12-7-9(18)3-6-11(12)29(15(23)24)27-13(19)20/h1-7H,(H3,23,24)(H3,25,26)(H4,19,20,27)(H4,21,22,28)/q+1. The van der Waals surface area contributed by atoms with E-state index < -0.39 is 16.5 Å². The van der Waals surface area contributed by atoms with Crippen molar-refractivity contribution < 1.29 is 0 Å². The predicted octanol–water partition coefficient (Wildman–Crippen LogP) is 0.603. The molecule has 0 aliphatic rings. The summed E-state index contributed by atoms with van der Waals surface area (Å²) >= 11 is 12.2. The average Bonchev–Trinajstić information content (AvgIpc) is 2.64. The number of nitrogens with zero attached hydrogens (tertiary/aromatic N) is 4. The summed E-state index contributed by atoms with van der Waals surface area (Å²) in [6.45, 7) is 0. The molecule has 0 saturated heterocycles. The minimum absolute atomic E-state index is 0.130. The number of anilines is 1. The molecular formula is C16H21Cl2N12+. The van der Waals surface area contributed by atoms with Crippen molar-refractivity contribution >= 4 is 64.1 Å². The average molecular weight is 452 g/mol. The van der Waals surface area contributed by atoms with E-state index >= 15 is 0 Å². The molecule has 0 bridgehead atoms. The lowest BCUT2D eigenvalue weighted by Gasteiger charge is -2.31. The first-order valence-corrected chi connectivity index (χ1v) is 8.89. The second-order valence-electron chi connectivity index (χ2n) is 5.88. The monoisotopic (exact) mass is 451 g/mol. The Bertz CT molecular complexity index is 1030. The summed E-state index contributed by atoms with van der Waals surface area (Å²) in [5.41, 5.74) is 34.6. The maximum atomic E-state index is 8.35. The van der Waals surface area contributed by atoms with Crippen molar-refractivity contribution in [1.29, 1.82) is 10.8 Å². The van der Waals surface area contributed by atoms with Crippen LogP contribution in [-0.2, 0) is 0 Å². The first kappa shape index (κ1) is 22.5. The molecule has 14 N–H and O–H groups in total. The van der Waals surface area contributed by atoms with Gasteiger partial charge in [0.2, 0.25) is 17.9 Å². The summed E-state index contributed by atoms with van der Waals surface area (Å²) in [5.74, 6) is -1.81. The van der Waals surface area contributed by atoms with Crippen LogP contribution in [0.3, 0.4) is 0 Å². The number of hydrogen-bond acceptors (Lipinski definition) is 4. The van der Waals surface area contributed by atoms with Gasteiger partial charge < -0.3 is 34.4 Å². The Hall–Kier alpha value is -3.74. The SMILES string of the molecule is N=C(N)N(N=C(N)N)c1ccc(Cl)cc1[N+](N=C(N)N)(C(=N)N)c1ccc(Cl)cc1. The van der Waals surface area contributed by atoms with E-state index in [9.17, 15) is 0 Å². The minimum atomic E-state index is -0.862. The Morgan fingerprint density at radius 3 is 1.87 bits per heavy atom. The molecule has 2 rings (SSSR count). The number of quaternary nitrogens is 1. The second-order valence-corrected chi connectivity index (χ2v) is 6.75. The first-order valence-electron chi connectivity index (χ1n) is 8.13. The Kier molecular flexibility index (Phi) is 6.56. The summed E-state index contributed by atoms with van der Waals surface area (Å²) in [7, 11) is 0. The maximum absolute atomic E-state index is 8.35. The van der Waals surface area contributed by atoms with Crippen LogP contribution < -0.4 is 44.0 Å². The molecule has 0 heterocycles. The highest BCUT2D eigenvalue weighted by atomic mass is 35.5. The summed E-state index contributed by atoms with van der Waals surface area (Å²) in [6.07, 6.45) is 0. The first-order chi connectivity index (χ1) is 14.0. The van der Waals surface area contributed by atoms with Crippen LogP contribution in [0.25, 0.3) is 0 Å². The van der Waals surface area contributed by atoms with E-state index in [1.54, 1.807) is 24.3 Å². The molecular weight excluding hydrogens is 431 g/mol. The smallest absolute Gasteiger partial charge is 0.330 e. The summed E-state index contributed by atoms with van der Waals surface area (Å²) in [6, 6.07) is 10.7. The number of nitrogens with one attached hydrogen (secondary N) is 2. The lowest BCUT2D eigenvalue weighted by molar-refractivity contribution is 0.577. The number of guanidine groups is 4. The zero-order valence-corrected chi connectivity index (χ0v) is 17.1. The molecule has 0 spiro atoms. The fourth-order valence-electron chi connectivity index (χ4n) is 2.69. The van der Waals surface area contributed by atoms with Gasteiger partial charge in [-0.15, -0.1) is 5.10 Å². The molecule has 0 fully saturated rings. The van der Waals surface area contributed by atoms with E-state index in [2.05, 4.69) is 10.2 Å². The number of hydrazone groups is 1. The van der Waals surface area contributed by atoms with Gasteiger partial charge in [-0.25, -0.2) is 5.41 Å². The Balaban J connectivity index is 3.02. The van der Waals surface area contributed by atoms with E-state index in [0.717, 1.165) is 5.01 Å².